The zero-order valence-electron chi connectivity index (χ0n) is 19.7. The number of carbonyl (C=O) groups excluding carboxylic acids is 2. The van der Waals surface area contributed by atoms with Crippen molar-refractivity contribution in [2.45, 2.75) is 0 Å². The van der Waals surface area contributed by atoms with Crippen LogP contribution in [0.4, 0.5) is 23.0 Å². The van der Waals surface area contributed by atoms with Gasteiger partial charge in [-0.3, -0.25) is 9.59 Å². The van der Waals surface area contributed by atoms with Crippen molar-refractivity contribution in [3.8, 4) is 0 Å². The van der Waals surface area contributed by atoms with Gasteiger partial charge in [-0.15, -0.1) is 0 Å². The molecule has 3 aromatic heterocycles. The summed E-state index contributed by atoms with van der Waals surface area (Å²) in [6, 6.07) is 12.0. The minimum Gasteiger partial charge on any atom is -0.378 e. The molecule has 2 N–H and O–H groups in total. The smallest absolute Gasteiger partial charge is 0.275 e. The molecule has 2 saturated heterocycles. The summed E-state index contributed by atoms with van der Waals surface area (Å²) in [5.41, 5.74) is 2.16. The van der Waals surface area contributed by atoms with Crippen LogP contribution in [0.1, 0.15) is 21.0 Å². The second kappa shape index (κ2) is 11.1. The number of rotatable bonds is 6. The first-order chi connectivity index (χ1) is 17.7. The normalized spacial score (nSPS) is 15.9. The van der Waals surface area contributed by atoms with E-state index in [-0.39, 0.29) is 11.4 Å². The van der Waals surface area contributed by atoms with Gasteiger partial charge in [0.15, 0.2) is 0 Å². The molecule has 3 aromatic rings. The van der Waals surface area contributed by atoms with Crippen LogP contribution in [0.25, 0.3) is 0 Å². The first kappa shape index (κ1) is 23.6. The molecule has 2 aliphatic rings. The monoisotopic (exact) mass is 489 g/mol. The number of anilines is 4. The van der Waals surface area contributed by atoms with Crippen LogP contribution in [0.3, 0.4) is 0 Å². The maximum atomic E-state index is 12.7. The van der Waals surface area contributed by atoms with Crippen molar-refractivity contribution in [1.29, 1.82) is 0 Å². The van der Waals surface area contributed by atoms with Gasteiger partial charge in [0.2, 0.25) is 0 Å². The van der Waals surface area contributed by atoms with Crippen LogP contribution < -0.4 is 20.4 Å². The molecule has 0 aromatic carbocycles. The summed E-state index contributed by atoms with van der Waals surface area (Å²) in [5, 5.41) is 5.46. The van der Waals surface area contributed by atoms with Gasteiger partial charge in [-0.25, -0.2) is 15.0 Å². The summed E-state index contributed by atoms with van der Waals surface area (Å²) in [6.07, 6.45) is 3.44. The Morgan fingerprint density at radius 2 is 1.11 bits per heavy atom. The molecule has 0 radical (unpaired) electrons. The summed E-state index contributed by atoms with van der Waals surface area (Å²) >= 11 is 0. The summed E-state index contributed by atoms with van der Waals surface area (Å²) in [7, 11) is 0. The number of pyridine rings is 3. The topological polar surface area (TPSA) is 122 Å². The van der Waals surface area contributed by atoms with Crippen LogP contribution in [-0.4, -0.2) is 79.4 Å². The van der Waals surface area contributed by atoms with E-state index in [1.165, 1.54) is 0 Å². The molecular formula is C25H27N7O4. The summed E-state index contributed by atoms with van der Waals surface area (Å²) in [4.78, 5) is 42.7. The van der Waals surface area contributed by atoms with E-state index in [0.717, 1.165) is 37.6 Å². The van der Waals surface area contributed by atoms with Crippen LogP contribution >= 0.6 is 0 Å². The van der Waals surface area contributed by atoms with E-state index in [4.69, 9.17) is 9.47 Å². The molecule has 0 aliphatic carbocycles. The van der Waals surface area contributed by atoms with Crippen molar-refractivity contribution in [3.63, 3.8) is 0 Å². The second-order valence-electron chi connectivity index (χ2n) is 8.32. The van der Waals surface area contributed by atoms with Crippen molar-refractivity contribution >= 4 is 34.8 Å². The fraction of sp³-hybridized carbons (Fsp3) is 0.320. The lowest BCUT2D eigenvalue weighted by molar-refractivity contribution is 0.101. The zero-order chi connectivity index (χ0) is 24.7. The molecule has 0 bridgehead atoms. The van der Waals surface area contributed by atoms with E-state index in [2.05, 4.69) is 35.4 Å². The van der Waals surface area contributed by atoms with Gasteiger partial charge >= 0.3 is 0 Å². The van der Waals surface area contributed by atoms with Crippen molar-refractivity contribution < 1.29 is 19.1 Å². The van der Waals surface area contributed by atoms with Gasteiger partial charge in [-0.05, 0) is 36.4 Å². The third kappa shape index (κ3) is 5.75. The maximum Gasteiger partial charge on any atom is 0.275 e. The van der Waals surface area contributed by atoms with Gasteiger partial charge in [0.1, 0.15) is 23.0 Å². The largest absolute Gasteiger partial charge is 0.378 e. The Morgan fingerprint density at radius 3 is 1.50 bits per heavy atom. The third-order valence-corrected chi connectivity index (χ3v) is 5.95. The lowest BCUT2D eigenvalue weighted by Gasteiger charge is -2.28. The van der Waals surface area contributed by atoms with E-state index in [1.54, 1.807) is 42.7 Å². The average Bonchev–Trinajstić information content (AvgIpc) is 2.95. The molecule has 11 nitrogen and oxygen atoms in total. The highest BCUT2D eigenvalue weighted by Gasteiger charge is 2.16. The number of amides is 2. The minimum absolute atomic E-state index is 0.109. The molecule has 0 saturated carbocycles. The zero-order valence-corrected chi connectivity index (χ0v) is 19.7. The SMILES string of the molecule is O=C(Nc1ccc(N2CCOCC2)cn1)c1cccc(C(=O)Nc2ccc(N3CCOCC3)cn2)n1. The number of nitrogens with zero attached hydrogens (tertiary/aromatic N) is 5. The van der Waals surface area contributed by atoms with Crippen LogP contribution in [0, 0.1) is 0 Å². The van der Waals surface area contributed by atoms with Gasteiger partial charge in [-0.2, -0.15) is 0 Å². The molecule has 11 heteroatoms. The number of carbonyl (C=O) groups is 2. The van der Waals surface area contributed by atoms with Crippen molar-refractivity contribution in [3.05, 3.63) is 66.2 Å². The third-order valence-electron chi connectivity index (χ3n) is 5.95. The molecule has 5 heterocycles. The number of ether oxygens (including phenoxy) is 2. The van der Waals surface area contributed by atoms with E-state index in [9.17, 15) is 9.59 Å². The van der Waals surface area contributed by atoms with Gasteiger partial charge in [-0.1, -0.05) is 6.07 Å². The summed E-state index contributed by atoms with van der Waals surface area (Å²) in [5.74, 6) is -0.107. The number of hydrogen-bond donors (Lipinski definition) is 2. The molecule has 0 unspecified atom stereocenters. The van der Waals surface area contributed by atoms with Gasteiger partial charge in [0.05, 0.1) is 50.2 Å². The molecule has 2 aliphatic heterocycles. The fourth-order valence-electron chi connectivity index (χ4n) is 3.99. The molecule has 36 heavy (non-hydrogen) atoms. The highest BCUT2D eigenvalue weighted by atomic mass is 16.5. The Bertz CT molecular complexity index is 1100. The van der Waals surface area contributed by atoms with Crippen LogP contribution in [-0.2, 0) is 9.47 Å². The standard InChI is InChI=1S/C25H27N7O4/c33-24(29-22-6-4-18(16-26-22)31-8-12-35-13-9-31)20-2-1-3-21(28-20)25(34)30-23-7-5-19(17-27-23)32-10-14-36-15-11-32/h1-7,16-17H,8-15H2,(H,26,29,33)(H,27,30,34). The van der Waals surface area contributed by atoms with Crippen molar-refractivity contribution in [1.82, 2.24) is 15.0 Å². The van der Waals surface area contributed by atoms with Gasteiger partial charge in [0.25, 0.3) is 11.8 Å². The quantitative estimate of drug-likeness (QED) is 0.536. The first-order valence-electron chi connectivity index (χ1n) is 11.8. The highest BCUT2D eigenvalue weighted by molar-refractivity contribution is 6.05. The maximum absolute atomic E-state index is 12.7. The number of aromatic nitrogens is 3. The molecule has 5 rings (SSSR count). The van der Waals surface area contributed by atoms with Crippen LogP contribution in [0.2, 0.25) is 0 Å². The Labute approximate surface area is 208 Å². The Morgan fingerprint density at radius 1 is 0.667 bits per heavy atom. The summed E-state index contributed by atoms with van der Waals surface area (Å²) < 4.78 is 10.7. The second-order valence-corrected chi connectivity index (χ2v) is 8.32. The van der Waals surface area contributed by atoms with E-state index in [0.29, 0.717) is 38.1 Å². The molecule has 0 spiro atoms. The highest BCUT2D eigenvalue weighted by Crippen LogP contribution is 2.18. The average molecular weight is 490 g/mol. The summed E-state index contributed by atoms with van der Waals surface area (Å²) in [6.45, 7) is 5.96. The number of morpholine rings is 2. The number of hydrogen-bond acceptors (Lipinski definition) is 9. The predicted molar refractivity (Wildman–Crippen MR) is 135 cm³/mol. The van der Waals surface area contributed by atoms with E-state index < -0.39 is 11.8 Å². The van der Waals surface area contributed by atoms with Crippen molar-refractivity contribution in [2.24, 2.45) is 0 Å². The predicted octanol–water partition coefficient (Wildman–Crippen LogP) is 2.05. The molecule has 186 valence electrons. The van der Waals surface area contributed by atoms with Crippen molar-refractivity contribution in [2.75, 3.05) is 73.0 Å². The minimum atomic E-state index is -0.454. The molecule has 2 fully saturated rings. The Hall–Kier alpha value is -4.09. The molecule has 0 atom stereocenters. The van der Waals surface area contributed by atoms with Gasteiger partial charge in [0, 0.05) is 26.2 Å². The van der Waals surface area contributed by atoms with Crippen LogP contribution in [0.15, 0.2) is 54.9 Å². The number of nitrogens with one attached hydrogen (secondary N) is 2. The molecule has 2 amide bonds. The molecular weight excluding hydrogens is 462 g/mol. The van der Waals surface area contributed by atoms with Crippen LogP contribution in [0.5, 0.6) is 0 Å². The van der Waals surface area contributed by atoms with E-state index in [1.807, 2.05) is 12.1 Å². The Kier molecular flexibility index (Phi) is 7.29. The Balaban J connectivity index is 1.19. The van der Waals surface area contributed by atoms with E-state index >= 15 is 0 Å². The lowest BCUT2D eigenvalue weighted by atomic mass is 10.2. The lowest BCUT2D eigenvalue weighted by Crippen LogP contribution is -2.36. The fourth-order valence-corrected chi connectivity index (χ4v) is 3.99. The first-order valence-corrected chi connectivity index (χ1v) is 11.8. The van der Waals surface area contributed by atoms with Gasteiger partial charge < -0.3 is 29.9 Å².